The van der Waals surface area contributed by atoms with Gasteiger partial charge in [-0.2, -0.15) is 0 Å². The number of H-pyrrole nitrogens is 1. The average molecular weight is 592 g/mol. The molecule has 1 atom stereocenters. The summed E-state index contributed by atoms with van der Waals surface area (Å²) in [6, 6.07) is 17.0. The Kier molecular flexibility index (Phi) is 5.75. The summed E-state index contributed by atoms with van der Waals surface area (Å²) in [4.78, 5) is 20.8. The van der Waals surface area contributed by atoms with E-state index in [2.05, 4.69) is 43.3 Å². The van der Waals surface area contributed by atoms with Gasteiger partial charge in [0.25, 0.3) is 0 Å². The molecule has 44 heavy (non-hydrogen) atoms. The second-order valence-corrected chi connectivity index (χ2v) is 13.2. The van der Waals surface area contributed by atoms with Crippen molar-refractivity contribution in [3.05, 3.63) is 54.7 Å². The highest BCUT2D eigenvalue weighted by molar-refractivity contribution is 6.36. The lowest BCUT2D eigenvalue weighted by Crippen LogP contribution is -2.53. The lowest BCUT2D eigenvalue weighted by Gasteiger charge is -2.40. The van der Waals surface area contributed by atoms with Crippen molar-refractivity contribution in [1.82, 2.24) is 23.9 Å². The number of hydrogen-bond donors (Lipinski definition) is 3. The molecule has 3 aromatic carbocycles. The van der Waals surface area contributed by atoms with Crippen molar-refractivity contribution >= 4 is 60.5 Å². The van der Waals surface area contributed by atoms with Crippen molar-refractivity contribution in [3.63, 3.8) is 0 Å². The number of carbonyl (C=O) groups excluding carboxylic acids is 1. The summed E-state index contributed by atoms with van der Waals surface area (Å²) in [6.07, 6.45) is 8.00. The number of ether oxygens (including phenoxy) is 1. The van der Waals surface area contributed by atoms with Gasteiger partial charge < -0.3 is 34.0 Å². The number of para-hydroxylation sites is 2. The summed E-state index contributed by atoms with van der Waals surface area (Å²) in [6.45, 7) is 3.46. The van der Waals surface area contributed by atoms with Crippen molar-refractivity contribution in [3.8, 4) is 5.88 Å². The number of nitrogens with one attached hydrogen (secondary N) is 1. The summed E-state index contributed by atoms with van der Waals surface area (Å²) in [5.74, 6) is 0.138. The number of aromatic amines is 1. The molecule has 1 saturated carbocycles. The number of nitrogens with zero attached hydrogens (tertiary/aromatic N) is 4. The van der Waals surface area contributed by atoms with Crippen LogP contribution in [0.2, 0.25) is 0 Å². The average Bonchev–Trinajstić information content (AvgIpc) is 3.67. The molecule has 3 aromatic heterocycles. The first kappa shape index (κ1) is 26.2. The Hall–Kier alpha value is -4.21. The standard InChI is InChI=1S/C35H37N5O4/c41-33-30-25(18-36-33)28-23-10-4-6-12-26(23)39-19-35(43,20-40-27-13-7-5-11-24(27)29(30)32(40)31(28)39)21-44-34(42)38-16-14-37(15-17-38)22-8-2-1-3-9-22/h4-7,10-13,18,22,36,41,43H,1-3,8-9,14-17,19-21H2. The van der Waals surface area contributed by atoms with Crippen LogP contribution in [0, 0.1) is 0 Å². The van der Waals surface area contributed by atoms with E-state index in [9.17, 15) is 15.0 Å². The third kappa shape index (κ3) is 3.75. The molecule has 0 radical (unpaired) electrons. The van der Waals surface area contributed by atoms with Crippen LogP contribution in [0.5, 0.6) is 5.88 Å². The summed E-state index contributed by atoms with van der Waals surface area (Å²) in [7, 11) is 0. The molecule has 0 spiro atoms. The Morgan fingerprint density at radius 3 is 2.11 bits per heavy atom. The maximum atomic E-state index is 13.4. The third-order valence-electron chi connectivity index (χ3n) is 10.6. The topological polar surface area (TPSA) is 98.9 Å². The lowest BCUT2D eigenvalue weighted by atomic mass is 9.94. The van der Waals surface area contributed by atoms with Crippen LogP contribution in [-0.4, -0.2) is 84.7 Å². The fourth-order valence-corrected chi connectivity index (χ4v) is 8.55. The van der Waals surface area contributed by atoms with Gasteiger partial charge in [-0.25, -0.2) is 4.79 Å². The van der Waals surface area contributed by atoms with Crippen LogP contribution >= 0.6 is 0 Å². The molecule has 6 aromatic rings. The van der Waals surface area contributed by atoms with E-state index in [1.54, 1.807) is 4.90 Å². The van der Waals surface area contributed by atoms with Crippen LogP contribution in [0.15, 0.2) is 54.7 Å². The van der Waals surface area contributed by atoms with E-state index >= 15 is 0 Å². The number of carbonyl (C=O) groups is 1. The van der Waals surface area contributed by atoms with Crippen LogP contribution in [0.1, 0.15) is 32.1 Å². The van der Waals surface area contributed by atoms with Crippen LogP contribution in [-0.2, 0) is 17.8 Å². The molecule has 1 unspecified atom stereocenters. The number of benzene rings is 3. The molecule has 2 fully saturated rings. The van der Waals surface area contributed by atoms with E-state index in [1.165, 1.54) is 32.1 Å². The van der Waals surface area contributed by atoms with E-state index in [1.807, 2.05) is 30.5 Å². The molecule has 2 aliphatic heterocycles. The minimum absolute atomic E-state index is 0.116. The molecule has 1 saturated heterocycles. The van der Waals surface area contributed by atoms with E-state index in [4.69, 9.17) is 4.74 Å². The predicted molar refractivity (Wildman–Crippen MR) is 172 cm³/mol. The van der Waals surface area contributed by atoms with Gasteiger partial charge in [0.15, 0.2) is 5.88 Å². The maximum Gasteiger partial charge on any atom is 0.409 e. The van der Waals surface area contributed by atoms with Crippen LogP contribution in [0.4, 0.5) is 4.79 Å². The van der Waals surface area contributed by atoms with Gasteiger partial charge in [-0.15, -0.1) is 0 Å². The van der Waals surface area contributed by atoms with Gasteiger partial charge >= 0.3 is 6.09 Å². The number of aromatic nitrogens is 3. The minimum Gasteiger partial charge on any atom is -0.494 e. The quantitative estimate of drug-likeness (QED) is 0.237. The number of aliphatic hydroxyl groups is 1. The first-order valence-electron chi connectivity index (χ1n) is 16.0. The van der Waals surface area contributed by atoms with Gasteiger partial charge in [0, 0.05) is 76.4 Å². The molecule has 226 valence electrons. The SMILES string of the molecule is O=C(OCC1(O)Cn2c3ccccc3c3c4c[nH]c(O)c4c4c5ccccc5n(c4c32)C1)N1CCN(C2CCCCC2)CC1. The zero-order valence-corrected chi connectivity index (χ0v) is 24.8. The molecule has 9 rings (SSSR count). The minimum atomic E-state index is -1.36. The van der Waals surface area contributed by atoms with Gasteiger partial charge in [0.05, 0.1) is 29.5 Å². The van der Waals surface area contributed by atoms with Crippen LogP contribution in [0.25, 0.3) is 54.4 Å². The molecule has 1 aliphatic carbocycles. The summed E-state index contributed by atoms with van der Waals surface area (Å²) < 4.78 is 10.3. The molecular formula is C35H37N5O4. The fraction of sp³-hybridized carbons (Fsp3) is 0.400. The fourth-order valence-electron chi connectivity index (χ4n) is 8.55. The highest BCUT2D eigenvalue weighted by atomic mass is 16.6. The molecular weight excluding hydrogens is 554 g/mol. The van der Waals surface area contributed by atoms with E-state index < -0.39 is 5.60 Å². The summed E-state index contributed by atoms with van der Waals surface area (Å²) in [5.41, 5.74) is 2.60. The second kappa shape index (κ2) is 9.64. The zero-order valence-electron chi connectivity index (χ0n) is 24.8. The molecule has 0 bridgehead atoms. The Morgan fingerprint density at radius 1 is 0.818 bits per heavy atom. The van der Waals surface area contributed by atoms with E-state index in [0.717, 1.165) is 67.5 Å². The van der Waals surface area contributed by atoms with Crippen molar-refractivity contribution in [2.75, 3.05) is 32.8 Å². The van der Waals surface area contributed by atoms with Crippen LogP contribution < -0.4 is 0 Å². The van der Waals surface area contributed by atoms with Gasteiger partial charge in [-0.1, -0.05) is 55.7 Å². The second-order valence-electron chi connectivity index (χ2n) is 13.2. The number of piperazine rings is 1. The van der Waals surface area contributed by atoms with Crippen molar-refractivity contribution in [2.24, 2.45) is 0 Å². The Labute approximate surface area is 254 Å². The number of rotatable bonds is 3. The number of aromatic hydroxyl groups is 1. The highest BCUT2D eigenvalue weighted by Crippen LogP contribution is 2.48. The molecule has 9 heteroatoms. The molecule has 3 N–H and O–H groups in total. The lowest BCUT2D eigenvalue weighted by molar-refractivity contribution is -0.0509. The summed E-state index contributed by atoms with van der Waals surface area (Å²) >= 11 is 0. The molecule has 5 heterocycles. The van der Waals surface area contributed by atoms with Gasteiger partial charge in [-0.05, 0) is 25.0 Å². The third-order valence-corrected chi connectivity index (χ3v) is 10.6. The summed E-state index contributed by atoms with van der Waals surface area (Å²) in [5, 5.41) is 29.3. The Morgan fingerprint density at radius 2 is 1.43 bits per heavy atom. The largest absolute Gasteiger partial charge is 0.494 e. The normalized spacial score (nSPS) is 21.8. The number of fused-ring (bicyclic) bond motifs is 9. The van der Waals surface area contributed by atoms with Crippen molar-refractivity contribution in [1.29, 1.82) is 0 Å². The monoisotopic (exact) mass is 591 g/mol. The number of hydrogen-bond acceptors (Lipinski definition) is 5. The number of amides is 1. The van der Waals surface area contributed by atoms with Crippen molar-refractivity contribution in [2.45, 2.75) is 56.8 Å². The zero-order chi connectivity index (χ0) is 29.6. The van der Waals surface area contributed by atoms with Gasteiger partial charge in [0.2, 0.25) is 0 Å². The predicted octanol–water partition coefficient (Wildman–Crippen LogP) is 5.92. The van der Waals surface area contributed by atoms with Crippen molar-refractivity contribution < 1.29 is 19.7 Å². The highest BCUT2D eigenvalue weighted by Gasteiger charge is 2.38. The van der Waals surface area contributed by atoms with E-state index in [0.29, 0.717) is 19.1 Å². The van der Waals surface area contributed by atoms with Gasteiger partial charge in [-0.3, -0.25) is 4.90 Å². The Balaban J connectivity index is 1.11. The molecule has 3 aliphatic rings. The Bertz CT molecular complexity index is 2090. The smallest absolute Gasteiger partial charge is 0.409 e. The van der Waals surface area contributed by atoms with E-state index in [-0.39, 0.29) is 31.7 Å². The first-order chi connectivity index (χ1) is 21.5. The first-order valence-corrected chi connectivity index (χ1v) is 16.0. The molecule has 9 nitrogen and oxygen atoms in total. The maximum absolute atomic E-state index is 13.4. The molecule has 1 amide bonds. The van der Waals surface area contributed by atoms with Crippen LogP contribution in [0.3, 0.4) is 0 Å². The van der Waals surface area contributed by atoms with Gasteiger partial charge in [0.1, 0.15) is 12.2 Å².